The summed E-state index contributed by atoms with van der Waals surface area (Å²) in [5.74, 6) is 0.251. The molecule has 2 fully saturated rings. The first-order valence-electron chi connectivity index (χ1n) is 8.10. The summed E-state index contributed by atoms with van der Waals surface area (Å²) >= 11 is 0. The number of esters is 1. The summed E-state index contributed by atoms with van der Waals surface area (Å²) in [6.45, 7) is 2.63. The van der Waals surface area contributed by atoms with Gasteiger partial charge in [0.25, 0.3) is 0 Å². The van der Waals surface area contributed by atoms with Gasteiger partial charge < -0.3 is 14.2 Å². The van der Waals surface area contributed by atoms with E-state index in [1.165, 1.54) is 12.0 Å². The molecule has 7 nitrogen and oxygen atoms in total. The van der Waals surface area contributed by atoms with Gasteiger partial charge in [0.1, 0.15) is 12.6 Å². The van der Waals surface area contributed by atoms with Crippen LogP contribution in [0.1, 0.15) is 32.6 Å². The van der Waals surface area contributed by atoms with Gasteiger partial charge in [0, 0.05) is 6.54 Å². The van der Waals surface area contributed by atoms with Crippen molar-refractivity contribution in [2.45, 2.75) is 44.8 Å². The average Bonchev–Trinajstić information content (AvgIpc) is 2.58. The number of carbonyl (C=O) groups is 2. The highest BCUT2D eigenvalue weighted by Crippen LogP contribution is 2.40. The van der Waals surface area contributed by atoms with Crippen molar-refractivity contribution >= 4 is 12.1 Å². The average molecular weight is 324 g/mol. The molecular weight excluding hydrogens is 300 g/mol. The standard InChI is InChI=1S/C16H24N2O5/c1-3-22-15(19)14-9-12-8-13(23-7-6-17)5-4-11(12)10-18(14)16(20)21-2/h11-14H,3-5,7-10H2,1-2H3/t11-,12+,13-,14-/m0/s1. The number of fused-ring (bicyclic) bond motifs is 1. The molecule has 1 amide bonds. The van der Waals surface area contributed by atoms with Gasteiger partial charge in [0.2, 0.25) is 0 Å². The number of ether oxygens (including phenoxy) is 3. The molecule has 128 valence electrons. The predicted molar refractivity (Wildman–Crippen MR) is 80.3 cm³/mol. The predicted octanol–water partition coefficient (Wildman–Crippen LogP) is 1.72. The third-order valence-corrected chi connectivity index (χ3v) is 4.78. The van der Waals surface area contributed by atoms with Crippen LogP contribution in [0.15, 0.2) is 0 Å². The van der Waals surface area contributed by atoms with Crippen LogP contribution >= 0.6 is 0 Å². The third kappa shape index (κ3) is 4.14. The molecule has 1 aliphatic heterocycles. The van der Waals surface area contributed by atoms with Crippen LogP contribution in [-0.2, 0) is 19.0 Å². The maximum absolute atomic E-state index is 12.2. The van der Waals surface area contributed by atoms with Crippen LogP contribution < -0.4 is 0 Å². The van der Waals surface area contributed by atoms with Crippen LogP contribution in [0.3, 0.4) is 0 Å². The van der Waals surface area contributed by atoms with Crippen molar-refractivity contribution in [3.05, 3.63) is 0 Å². The number of carbonyl (C=O) groups excluding carboxylic acids is 2. The monoisotopic (exact) mass is 324 g/mol. The summed E-state index contributed by atoms with van der Waals surface area (Å²) in [4.78, 5) is 25.7. The molecule has 1 saturated carbocycles. The summed E-state index contributed by atoms with van der Waals surface area (Å²) < 4.78 is 15.5. The van der Waals surface area contributed by atoms with Crippen molar-refractivity contribution in [2.75, 3.05) is 26.9 Å². The summed E-state index contributed by atoms with van der Waals surface area (Å²) in [6.07, 6.45) is 2.75. The Hall–Kier alpha value is -1.81. The summed E-state index contributed by atoms with van der Waals surface area (Å²) in [7, 11) is 1.32. The van der Waals surface area contributed by atoms with Gasteiger partial charge in [-0.05, 0) is 44.4 Å². The zero-order chi connectivity index (χ0) is 16.8. The second-order valence-corrected chi connectivity index (χ2v) is 6.05. The van der Waals surface area contributed by atoms with E-state index in [1.54, 1.807) is 6.92 Å². The third-order valence-electron chi connectivity index (χ3n) is 4.78. The second-order valence-electron chi connectivity index (χ2n) is 6.05. The smallest absolute Gasteiger partial charge is 0.410 e. The Morgan fingerprint density at radius 3 is 2.70 bits per heavy atom. The second kappa shape index (κ2) is 8.16. The van der Waals surface area contributed by atoms with Gasteiger partial charge in [-0.2, -0.15) is 5.26 Å². The zero-order valence-corrected chi connectivity index (χ0v) is 13.7. The van der Waals surface area contributed by atoms with Crippen molar-refractivity contribution in [1.29, 1.82) is 5.26 Å². The molecule has 1 saturated heterocycles. The van der Waals surface area contributed by atoms with Crippen molar-refractivity contribution in [3.63, 3.8) is 0 Å². The van der Waals surface area contributed by atoms with E-state index in [2.05, 4.69) is 0 Å². The number of rotatable bonds is 4. The maximum Gasteiger partial charge on any atom is 0.410 e. The van der Waals surface area contributed by atoms with E-state index in [-0.39, 0.29) is 25.3 Å². The Bertz CT molecular complexity index is 476. The number of nitriles is 1. The molecule has 7 heteroatoms. The normalized spacial score (nSPS) is 30.0. The Morgan fingerprint density at radius 1 is 1.26 bits per heavy atom. The molecule has 0 N–H and O–H groups in total. The lowest BCUT2D eigenvalue weighted by Crippen LogP contribution is -2.55. The topological polar surface area (TPSA) is 88.9 Å². The molecule has 0 aromatic carbocycles. The molecule has 2 rings (SSSR count). The fourth-order valence-corrected chi connectivity index (χ4v) is 3.69. The molecule has 1 heterocycles. The number of nitrogens with zero attached hydrogens (tertiary/aromatic N) is 2. The van der Waals surface area contributed by atoms with Gasteiger partial charge in [-0.15, -0.1) is 0 Å². The molecule has 23 heavy (non-hydrogen) atoms. The summed E-state index contributed by atoms with van der Waals surface area (Å²) in [5, 5.41) is 8.63. The Kier molecular flexibility index (Phi) is 6.22. The first-order chi connectivity index (χ1) is 11.1. The lowest BCUT2D eigenvalue weighted by Gasteiger charge is -2.45. The van der Waals surface area contributed by atoms with Gasteiger partial charge in [-0.1, -0.05) is 0 Å². The van der Waals surface area contributed by atoms with Gasteiger partial charge in [0.05, 0.1) is 25.9 Å². The first kappa shape index (κ1) is 17.5. The number of hydrogen-bond acceptors (Lipinski definition) is 6. The maximum atomic E-state index is 12.2. The number of likely N-dealkylation sites (tertiary alicyclic amines) is 1. The Morgan fingerprint density at radius 2 is 2.04 bits per heavy atom. The highest BCUT2D eigenvalue weighted by Gasteiger charge is 2.44. The van der Waals surface area contributed by atoms with E-state index < -0.39 is 12.1 Å². The number of piperidine rings is 1. The molecule has 0 aromatic heterocycles. The number of methoxy groups -OCH3 is 1. The molecular formula is C16H24N2O5. The quantitative estimate of drug-likeness (QED) is 0.732. The number of amides is 1. The summed E-state index contributed by atoms with van der Waals surface area (Å²) in [5.41, 5.74) is 0. The van der Waals surface area contributed by atoms with E-state index in [0.29, 0.717) is 24.8 Å². The first-order valence-corrected chi connectivity index (χ1v) is 8.10. The van der Waals surface area contributed by atoms with Gasteiger partial charge in [-0.3, -0.25) is 4.90 Å². The molecule has 0 unspecified atom stereocenters. The van der Waals surface area contributed by atoms with Crippen LogP contribution in [0.5, 0.6) is 0 Å². The molecule has 0 bridgehead atoms. The minimum Gasteiger partial charge on any atom is -0.464 e. The minimum absolute atomic E-state index is 0.0587. The van der Waals surface area contributed by atoms with Crippen LogP contribution in [-0.4, -0.2) is 56.0 Å². The molecule has 0 aromatic rings. The van der Waals surface area contributed by atoms with Crippen LogP contribution in [0, 0.1) is 23.2 Å². The van der Waals surface area contributed by atoms with Gasteiger partial charge >= 0.3 is 12.1 Å². The fraction of sp³-hybridized carbons (Fsp3) is 0.812. The van der Waals surface area contributed by atoms with Crippen molar-refractivity contribution in [2.24, 2.45) is 11.8 Å². The van der Waals surface area contributed by atoms with E-state index in [4.69, 9.17) is 19.5 Å². The van der Waals surface area contributed by atoms with Crippen LogP contribution in [0.4, 0.5) is 4.79 Å². The molecule has 4 atom stereocenters. The molecule has 0 radical (unpaired) electrons. The fourth-order valence-electron chi connectivity index (χ4n) is 3.69. The van der Waals surface area contributed by atoms with E-state index >= 15 is 0 Å². The number of hydrogen-bond donors (Lipinski definition) is 0. The van der Waals surface area contributed by atoms with Crippen molar-refractivity contribution in [1.82, 2.24) is 4.90 Å². The van der Waals surface area contributed by atoms with Crippen molar-refractivity contribution < 1.29 is 23.8 Å². The highest BCUT2D eigenvalue weighted by atomic mass is 16.6. The molecule has 2 aliphatic rings. The zero-order valence-electron chi connectivity index (χ0n) is 13.7. The molecule has 0 spiro atoms. The lowest BCUT2D eigenvalue weighted by molar-refractivity contribution is -0.153. The highest BCUT2D eigenvalue weighted by molar-refractivity contribution is 5.81. The van der Waals surface area contributed by atoms with Crippen LogP contribution in [0.2, 0.25) is 0 Å². The van der Waals surface area contributed by atoms with Gasteiger partial charge in [-0.25, -0.2) is 9.59 Å². The minimum atomic E-state index is -0.599. The van der Waals surface area contributed by atoms with Crippen molar-refractivity contribution in [3.8, 4) is 6.07 Å². The van der Waals surface area contributed by atoms with Crippen LogP contribution in [0.25, 0.3) is 0 Å². The Labute approximate surface area is 136 Å². The molecule has 1 aliphatic carbocycles. The van der Waals surface area contributed by atoms with Gasteiger partial charge in [0.15, 0.2) is 0 Å². The van der Waals surface area contributed by atoms with E-state index in [1.807, 2.05) is 6.07 Å². The Balaban J connectivity index is 2.06. The largest absolute Gasteiger partial charge is 0.464 e. The summed E-state index contributed by atoms with van der Waals surface area (Å²) in [6, 6.07) is 1.40. The van der Waals surface area contributed by atoms with E-state index in [0.717, 1.165) is 19.3 Å². The van der Waals surface area contributed by atoms with E-state index in [9.17, 15) is 9.59 Å². The SMILES string of the molecule is CCOC(=O)[C@@H]1C[C@H]2C[C@@H](OCC#N)CC[C@H]2CN1C(=O)OC. The lowest BCUT2D eigenvalue weighted by atomic mass is 9.72.